The number of alkyl halides is 2. The van der Waals surface area contributed by atoms with Gasteiger partial charge in [-0.1, -0.05) is 11.6 Å². The van der Waals surface area contributed by atoms with E-state index in [0.717, 1.165) is 6.07 Å². The zero-order valence-corrected chi connectivity index (χ0v) is 8.41. The molecular weight excluding hydrogens is 305 g/mol. The third kappa shape index (κ3) is 2.01. The van der Waals surface area contributed by atoms with Gasteiger partial charge < -0.3 is 0 Å². The van der Waals surface area contributed by atoms with E-state index in [0.29, 0.717) is 3.57 Å². The molecule has 66 valence electrons. The predicted octanol–water partition coefficient (Wildman–Crippen LogP) is 3.42. The minimum absolute atomic E-state index is 0.0995. The maximum Gasteiger partial charge on any atom is 0.268 e. The van der Waals surface area contributed by atoms with E-state index in [1.807, 2.05) is 0 Å². The number of halogens is 5. The monoisotopic (exact) mass is 307 g/mol. The van der Waals surface area contributed by atoms with Crippen molar-refractivity contribution in [2.75, 3.05) is 0 Å². The normalized spacial score (nSPS) is 10.8. The Morgan fingerprint density at radius 2 is 2.08 bits per heavy atom. The Balaban J connectivity index is 3.23. The van der Waals surface area contributed by atoms with Gasteiger partial charge in [0.15, 0.2) is 0 Å². The van der Waals surface area contributed by atoms with Crippen LogP contribution in [0.2, 0.25) is 5.15 Å². The van der Waals surface area contributed by atoms with Crippen LogP contribution in [0.5, 0.6) is 0 Å². The van der Waals surface area contributed by atoms with Crippen molar-refractivity contribution in [1.29, 1.82) is 0 Å². The highest BCUT2D eigenvalue weighted by atomic mass is 127. The van der Waals surface area contributed by atoms with Gasteiger partial charge >= 0.3 is 0 Å². The molecule has 0 aromatic carbocycles. The maximum absolute atomic E-state index is 12.6. The molecule has 0 spiro atoms. The first-order chi connectivity index (χ1) is 5.52. The maximum atomic E-state index is 12.6. The zero-order valence-electron chi connectivity index (χ0n) is 5.49. The van der Waals surface area contributed by atoms with Crippen LogP contribution in [0, 0.1) is 9.52 Å². The number of hydrogen-bond donors (Lipinski definition) is 0. The first kappa shape index (κ1) is 10.0. The van der Waals surface area contributed by atoms with Crippen LogP contribution in [-0.2, 0) is 0 Å². The van der Waals surface area contributed by atoms with Crippen molar-refractivity contribution in [3.8, 4) is 0 Å². The second-order valence-corrected chi connectivity index (χ2v) is 3.46. The molecule has 0 fully saturated rings. The molecule has 0 radical (unpaired) electrons. The molecule has 0 bridgehead atoms. The Hall–Kier alpha value is -0.0400. The first-order valence-corrected chi connectivity index (χ1v) is 4.27. The molecule has 0 aliphatic carbocycles. The molecule has 1 aromatic heterocycles. The lowest BCUT2D eigenvalue weighted by Crippen LogP contribution is -1.96. The average Bonchev–Trinajstić information content (AvgIpc) is 1.96. The van der Waals surface area contributed by atoms with Crippen molar-refractivity contribution in [2.45, 2.75) is 6.43 Å². The number of aromatic nitrogens is 1. The Morgan fingerprint density at radius 3 is 2.58 bits per heavy atom. The lowest BCUT2D eigenvalue weighted by atomic mass is 10.3. The fourth-order valence-electron chi connectivity index (χ4n) is 0.613. The van der Waals surface area contributed by atoms with E-state index in [1.165, 1.54) is 0 Å². The van der Waals surface area contributed by atoms with Crippen molar-refractivity contribution in [1.82, 2.24) is 4.98 Å². The fourth-order valence-corrected chi connectivity index (χ4v) is 1.20. The molecule has 0 aliphatic heterocycles. The Labute approximate surface area is 85.1 Å². The molecule has 1 heterocycles. The molecule has 12 heavy (non-hydrogen) atoms. The highest BCUT2D eigenvalue weighted by Crippen LogP contribution is 2.25. The minimum Gasteiger partial charge on any atom is -0.206 e. The molecule has 0 saturated heterocycles. The van der Waals surface area contributed by atoms with Crippen LogP contribution in [0.1, 0.15) is 12.0 Å². The van der Waals surface area contributed by atoms with Gasteiger partial charge in [-0.15, -0.1) is 0 Å². The first-order valence-electron chi connectivity index (χ1n) is 2.82. The molecule has 0 unspecified atom stereocenters. The van der Waals surface area contributed by atoms with Crippen molar-refractivity contribution in [3.63, 3.8) is 0 Å². The zero-order chi connectivity index (χ0) is 9.30. The summed E-state index contributed by atoms with van der Waals surface area (Å²) < 4.78 is 36.9. The highest BCUT2D eigenvalue weighted by Gasteiger charge is 2.16. The second kappa shape index (κ2) is 3.78. The number of pyridine rings is 1. The summed E-state index contributed by atoms with van der Waals surface area (Å²) in [6, 6.07) is 0.982. The molecule has 1 aromatic rings. The highest BCUT2D eigenvalue weighted by molar-refractivity contribution is 14.1. The molecule has 0 aliphatic rings. The molecule has 0 amide bonds. The van der Waals surface area contributed by atoms with Crippen molar-refractivity contribution >= 4 is 34.2 Å². The van der Waals surface area contributed by atoms with E-state index in [2.05, 4.69) is 4.98 Å². The average molecular weight is 307 g/mol. The summed E-state index contributed by atoms with van der Waals surface area (Å²) in [6.45, 7) is 0. The van der Waals surface area contributed by atoms with Gasteiger partial charge in [0.05, 0.1) is 9.13 Å². The third-order valence-electron chi connectivity index (χ3n) is 1.15. The van der Waals surface area contributed by atoms with E-state index in [-0.39, 0.29) is 5.15 Å². The third-order valence-corrected chi connectivity index (χ3v) is 2.58. The summed E-state index contributed by atoms with van der Waals surface area (Å²) in [5, 5.41) is -0.0995. The van der Waals surface area contributed by atoms with Crippen LogP contribution in [0.3, 0.4) is 0 Å². The van der Waals surface area contributed by atoms with Gasteiger partial charge in [0.2, 0.25) is 5.95 Å². The van der Waals surface area contributed by atoms with E-state index in [4.69, 9.17) is 11.6 Å². The molecule has 6 heteroatoms. The van der Waals surface area contributed by atoms with E-state index in [9.17, 15) is 13.2 Å². The molecule has 0 atom stereocenters. The van der Waals surface area contributed by atoms with Crippen LogP contribution in [0.4, 0.5) is 13.2 Å². The quantitative estimate of drug-likeness (QED) is 0.572. The van der Waals surface area contributed by atoms with Crippen LogP contribution in [-0.4, -0.2) is 4.98 Å². The summed E-state index contributed by atoms with van der Waals surface area (Å²) in [5.74, 6) is -1.21. The van der Waals surface area contributed by atoms with Crippen molar-refractivity contribution < 1.29 is 13.2 Å². The Morgan fingerprint density at radius 1 is 1.50 bits per heavy atom. The van der Waals surface area contributed by atoms with Crippen LogP contribution in [0.25, 0.3) is 0 Å². The molecule has 0 saturated carbocycles. The molecule has 1 nitrogen and oxygen atoms in total. The van der Waals surface area contributed by atoms with Gasteiger partial charge in [-0.2, -0.15) is 4.39 Å². The summed E-state index contributed by atoms with van der Waals surface area (Å²) >= 11 is 7.09. The SMILES string of the molecule is Fc1nc(Cl)c(I)cc1C(F)F. The smallest absolute Gasteiger partial charge is 0.206 e. The standard InChI is InChI=1S/C6H2ClF3IN/c7-4-3(11)1-2(5(8)9)6(10)12-4/h1,5H. The fraction of sp³-hybridized carbons (Fsp3) is 0.167. The lowest BCUT2D eigenvalue weighted by molar-refractivity contribution is 0.145. The Kier molecular flexibility index (Phi) is 3.16. The van der Waals surface area contributed by atoms with Gasteiger partial charge in [-0.3, -0.25) is 0 Å². The second-order valence-electron chi connectivity index (χ2n) is 1.94. The van der Waals surface area contributed by atoms with Crippen molar-refractivity contribution in [3.05, 3.63) is 26.3 Å². The largest absolute Gasteiger partial charge is 0.268 e. The van der Waals surface area contributed by atoms with Gasteiger partial charge in [-0.25, -0.2) is 13.8 Å². The summed E-state index contributed by atoms with van der Waals surface area (Å²) in [4.78, 5) is 3.11. The van der Waals surface area contributed by atoms with E-state index >= 15 is 0 Å². The van der Waals surface area contributed by atoms with Gasteiger partial charge in [0, 0.05) is 0 Å². The Bertz CT molecular complexity index is 305. The summed E-state index contributed by atoms with van der Waals surface area (Å²) in [5.41, 5.74) is -0.719. The predicted molar refractivity (Wildman–Crippen MR) is 46.9 cm³/mol. The number of nitrogens with zero attached hydrogens (tertiary/aromatic N) is 1. The minimum atomic E-state index is -2.86. The van der Waals surface area contributed by atoms with Crippen LogP contribution >= 0.6 is 34.2 Å². The van der Waals surface area contributed by atoms with Gasteiger partial charge in [0.25, 0.3) is 6.43 Å². The number of hydrogen-bond acceptors (Lipinski definition) is 1. The van der Waals surface area contributed by atoms with Gasteiger partial charge in [0.1, 0.15) is 5.15 Å². The van der Waals surface area contributed by atoms with Crippen molar-refractivity contribution in [2.24, 2.45) is 0 Å². The summed E-state index contributed by atoms with van der Waals surface area (Å²) in [6.07, 6.45) is -2.86. The van der Waals surface area contributed by atoms with Gasteiger partial charge in [-0.05, 0) is 28.7 Å². The molecule has 1 rings (SSSR count). The lowest BCUT2D eigenvalue weighted by Gasteiger charge is -2.02. The van der Waals surface area contributed by atoms with E-state index in [1.54, 1.807) is 22.6 Å². The summed E-state index contributed by atoms with van der Waals surface area (Å²) in [7, 11) is 0. The van der Waals surface area contributed by atoms with Crippen LogP contribution < -0.4 is 0 Å². The van der Waals surface area contributed by atoms with E-state index < -0.39 is 17.9 Å². The molecular formula is C6H2ClF3IN. The molecule has 0 N–H and O–H groups in total. The van der Waals surface area contributed by atoms with Crippen LogP contribution in [0.15, 0.2) is 6.07 Å². The topological polar surface area (TPSA) is 12.9 Å². The number of rotatable bonds is 1.